The van der Waals surface area contributed by atoms with Crippen molar-refractivity contribution in [3.63, 3.8) is 0 Å². The molecule has 0 saturated carbocycles. The highest BCUT2D eigenvalue weighted by molar-refractivity contribution is 5.82. The molecule has 1 heteroatoms. The first-order valence-corrected chi connectivity index (χ1v) is 6.35. The summed E-state index contributed by atoms with van der Waals surface area (Å²) in [4.78, 5) is 0. The number of benzene rings is 2. The first-order chi connectivity index (χ1) is 8.20. The Bertz CT molecular complexity index is 488. The molecule has 1 N–H and O–H groups in total. The highest BCUT2D eigenvalue weighted by Crippen LogP contribution is 2.18. The van der Waals surface area contributed by atoms with Crippen LogP contribution in [0.15, 0.2) is 42.5 Å². The minimum Gasteiger partial charge on any atom is -0.316 e. The maximum Gasteiger partial charge on any atom is 0.0127 e. The van der Waals surface area contributed by atoms with Crippen LogP contribution >= 0.6 is 0 Å². The average Bonchev–Trinajstić information content (AvgIpc) is 2.35. The van der Waals surface area contributed by atoms with Gasteiger partial charge in [0.1, 0.15) is 0 Å². The Morgan fingerprint density at radius 3 is 2.35 bits per heavy atom. The number of nitrogens with one attached hydrogen (secondary N) is 1. The van der Waals surface area contributed by atoms with Crippen molar-refractivity contribution >= 4 is 10.8 Å². The standard InChI is InChI=1S/C16H21N/c1-12(2)16(17-3)11-13-8-9-14-6-4-5-7-15(14)10-13/h4-10,12,16-17H,11H2,1-3H3. The number of rotatable bonds is 4. The van der Waals surface area contributed by atoms with Crippen LogP contribution < -0.4 is 5.32 Å². The molecule has 2 aromatic carbocycles. The maximum atomic E-state index is 3.40. The quantitative estimate of drug-likeness (QED) is 0.841. The highest BCUT2D eigenvalue weighted by atomic mass is 14.9. The zero-order valence-electron chi connectivity index (χ0n) is 10.9. The molecule has 0 bridgehead atoms. The summed E-state index contributed by atoms with van der Waals surface area (Å²) < 4.78 is 0. The molecule has 0 aliphatic carbocycles. The van der Waals surface area contributed by atoms with Gasteiger partial charge in [-0.2, -0.15) is 0 Å². The Morgan fingerprint density at radius 2 is 1.71 bits per heavy atom. The van der Waals surface area contributed by atoms with Gasteiger partial charge in [0, 0.05) is 6.04 Å². The summed E-state index contributed by atoms with van der Waals surface area (Å²) in [5.41, 5.74) is 1.41. The summed E-state index contributed by atoms with van der Waals surface area (Å²) in [5, 5.41) is 6.06. The predicted octanol–water partition coefficient (Wildman–Crippen LogP) is 3.63. The molecule has 0 spiro atoms. The monoisotopic (exact) mass is 227 g/mol. The Balaban J connectivity index is 2.24. The molecule has 1 atom stereocenters. The Labute approximate surface area is 104 Å². The number of hydrogen-bond acceptors (Lipinski definition) is 1. The molecule has 0 aromatic heterocycles. The van der Waals surface area contributed by atoms with Gasteiger partial charge in [-0.3, -0.25) is 0 Å². The van der Waals surface area contributed by atoms with Gasteiger partial charge in [-0.05, 0) is 35.7 Å². The zero-order chi connectivity index (χ0) is 12.3. The minimum atomic E-state index is 0.552. The zero-order valence-corrected chi connectivity index (χ0v) is 10.9. The van der Waals surface area contributed by atoms with E-state index in [0.29, 0.717) is 12.0 Å². The molecule has 0 aliphatic heterocycles. The molecule has 0 radical (unpaired) electrons. The van der Waals surface area contributed by atoms with Crippen molar-refractivity contribution < 1.29 is 0 Å². The average molecular weight is 227 g/mol. The van der Waals surface area contributed by atoms with Crippen molar-refractivity contribution in [3.05, 3.63) is 48.0 Å². The lowest BCUT2D eigenvalue weighted by molar-refractivity contribution is 0.425. The first-order valence-electron chi connectivity index (χ1n) is 6.35. The summed E-state index contributed by atoms with van der Waals surface area (Å²) in [7, 11) is 2.05. The van der Waals surface area contributed by atoms with Crippen LogP contribution in [-0.4, -0.2) is 13.1 Å². The van der Waals surface area contributed by atoms with Crippen LogP contribution in [0.1, 0.15) is 19.4 Å². The van der Waals surface area contributed by atoms with Crippen molar-refractivity contribution in [2.45, 2.75) is 26.3 Å². The van der Waals surface area contributed by atoms with Gasteiger partial charge < -0.3 is 5.32 Å². The number of likely N-dealkylation sites (N-methyl/N-ethyl adjacent to an activating group) is 1. The van der Waals surface area contributed by atoms with Crippen LogP contribution in [0.3, 0.4) is 0 Å². The lowest BCUT2D eigenvalue weighted by Crippen LogP contribution is -2.32. The smallest absolute Gasteiger partial charge is 0.0127 e. The molecule has 2 rings (SSSR count). The summed E-state index contributed by atoms with van der Waals surface area (Å²) in [6.45, 7) is 4.53. The summed E-state index contributed by atoms with van der Waals surface area (Å²) >= 11 is 0. The van der Waals surface area contributed by atoms with Gasteiger partial charge in [0.05, 0.1) is 0 Å². The molecular formula is C16H21N. The van der Waals surface area contributed by atoms with Gasteiger partial charge in [-0.15, -0.1) is 0 Å². The molecule has 1 unspecified atom stereocenters. The van der Waals surface area contributed by atoms with Gasteiger partial charge in [-0.1, -0.05) is 56.3 Å². The third-order valence-electron chi connectivity index (χ3n) is 3.45. The van der Waals surface area contributed by atoms with Crippen molar-refractivity contribution in [3.8, 4) is 0 Å². The van der Waals surface area contributed by atoms with E-state index in [-0.39, 0.29) is 0 Å². The van der Waals surface area contributed by atoms with E-state index in [9.17, 15) is 0 Å². The Hall–Kier alpha value is -1.34. The predicted molar refractivity (Wildman–Crippen MR) is 75.3 cm³/mol. The lowest BCUT2D eigenvalue weighted by atomic mass is 9.95. The second kappa shape index (κ2) is 5.33. The molecule has 0 heterocycles. The van der Waals surface area contributed by atoms with E-state index >= 15 is 0 Å². The lowest BCUT2D eigenvalue weighted by Gasteiger charge is -2.20. The van der Waals surface area contributed by atoms with Crippen molar-refractivity contribution in [1.82, 2.24) is 5.32 Å². The van der Waals surface area contributed by atoms with E-state index < -0.39 is 0 Å². The second-order valence-corrected chi connectivity index (χ2v) is 5.02. The van der Waals surface area contributed by atoms with E-state index in [2.05, 4.69) is 61.6 Å². The molecule has 0 saturated heterocycles. The largest absolute Gasteiger partial charge is 0.316 e. The van der Waals surface area contributed by atoms with Gasteiger partial charge in [0.25, 0.3) is 0 Å². The van der Waals surface area contributed by atoms with E-state index in [4.69, 9.17) is 0 Å². The van der Waals surface area contributed by atoms with Crippen LogP contribution in [0.4, 0.5) is 0 Å². The van der Waals surface area contributed by atoms with E-state index in [1.807, 2.05) is 7.05 Å². The van der Waals surface area contributed by atoms with E-state index in [1.54, 1.807) is 0 Å². The second-order valence-electron chi connectivity index (χ2n) is 5.02. The van der Waals surface area contributed by atoms with Gasteiger partial charge in [0.15, 0.2) is 0 Å². The molecule has 2 aromatic rings. The van der Waals surface area contributed by atoms with Crippen molar-refractivity contribution in [2.75, 3.05) is 7.05 Å². The molecule has 0 fully saturated rings. The van der Waals surface area contributed by atoms with Gasteiger partial charge in [-0.25, -0.2) is 0 Å². The van der Waals surface area contributed by atoms with Gasteiger partial charge in [0.2, 0.25) is 0 Å². The molecular weight excluding hydrogens is 206 g/mol. The van der Waals surface area contributed by atoms with E-state index in [1.165, 1.54) is 16.3 Å². The summed E-state index contributed by atoms with van der Waals surface area (Å²) in [6, 6.07) is 15.9. The summed E-state index contributed by atoms with van der Waals surface area (Å²) in [5.74, 6) is 0.659. The first kappa shape index (κ1) is 12.1. The van der Waals surface area contributed by atoms with Crippen molar-refractivity contribution in [1.29, 1.82) is 0 Å². The third-order valence-corrected chi connectivity index (χ3v) is 3.45. The molecule has 0 amide bonds. The van der Waals surface area contributed by atoms with E-state index in [0.717, 1.165) is 6.42 Å². The molecule has 0 aliphatic rings. The molecule has 1 nitrogen and oxygen atoms in total. The summed E-state index contributed by atoms with van der Waals surface area (Å²) in [6.07, 6.45) is 1.10. The third kappa shape index (κ3) is 2.86. The van der Waals surface area contributed by atoms with Crippen LogP contribution in [0.2, 0.25) is 0 Å². The fraction of sp³-hybridized carbons (Fsp3) is 0.375. The van der Waals surface area contributed by atoms with Crippen LogP contribution in [0, 0.1) is 5.92 Å². The fourth-order valence-corrected chi connectivity index (χ4v) is 2.29. The highest BCUT2D eigenvalue weighted by Gasteiger charge is 2.11. The van der Waals surface area contributed by atoms with Crippen LogP contribution in [0.25, 0.3) is 10.8 Å². The molecule has 90 valence electrons. The normalized spacial score (nSPS) is 13.2. The van der Waals surface area contributed by atoms with Crippen LogP contribution in [-0.2, 0) is 6.42 Å². The minimum absolute atomic E-state index is 0.552. The number of hydrogen-bond donors (Lipinski definition) is 1. The number of fused-ring (bicyclic) bond motifs is 1. The van der Waals surface area contributed by atoms with Crippen LogP contribution in [0.5, 0.6) is 0 Å². The maximum absolute atomic E-state index is 3.40. The van der Waals surface area contributed by atoms with Gasteiger partial charge >= 0.3 is 0 Å². The SMILES string of the molecule is CNC(Cc1ccc2ccccc2c1)C(C)C. The van der Waals surface area contributed by atoms with Crippen molar-refractivity contribution in [2.24, 2.45) is 5.92 Å². The Morgan fingerprint density at radius 1 is 1.00 bits per heavy atom. The molecule has 17 heavy (non-hydrogen) atoms. The fourth-order valence-electron chi connectivity index (χ4n) is 2.29. The Kier molecular flexibility index (Phi) is 3.80. The topological polar surface area (TPSA) is 12.0 Å².